The summed E-state index contributed by atoms with van der Waals surface area (Å²) in [6.45, 7) is -0.00115. The lowest BCUT2D eigenvalue weighted by atomic mass is 9.82. The molecule has 0 aromatic carbocycles. The Kier molecular flexibility index (Phi) is 3.48. The average molecular weight is 291 g/mol. The highest BCUT2D eigenvalue weighted by Gasteiger charge is 2.27. The number of nitrogens with one attached hydrogen (secondary N) is 1. The van der Waals surface area contributed by atoms with Crippen molar-refractivity contribution < 1.29 is 10.2 Å². The van der Waals surface area contributed by atoms with Crippen molar-refractivity contribution in [1.29, 1.82) is 0 Å². The summed E-state index contributed by atoms with van der Waals surface area (Å²) < 4.78 is 1.77. The molecule has 5 N–H and O–H groups in total. The Balaban J connectivity index is 2.03. The first-order valence-electron chi connectivity index (χ1n) is 6.76. The predicted molar refractivity (Wildman–Crippen MR) is 76.5 cm³/mol. The molecule has 2 heterocycles. The third-order valence-corrected chi connectivity index (χ3v) is 3.98. The van der Waals surface area contributed by atoms with Crippen molar-refractivity contribution in [2.45, 2.75) is 12.5 Å². The minimum atomic E-state index is -0.372. The fourth-order valence-electron chi connectivity index (χ4n) is 2.80. The number of nitrogens with two attached hydrogens (primary N) is 1. The van der Waals surface area contributed by atoms with Crippen molar-refractivity contribution in [2.24, 2.45) is 11.8 Å². The van der Waals surface area contributed by atoms with E-state index in [0.29, 0.717) is 12.1 Å². The minimum Gasteiger partial charge on any atom is -0.396 e. The first-order chi connectivity index (χ1) is 10.1. The van der Waals surface area contributed by atoms with Crippen LogP contribution in [-0.2, 0) is 0 Å². The molecular formula is C13H17N5O3. The standard InChI is InChI=1S/C13H17N5O3/c14-13-16-11-10(12(21)17-13)15-6-18(11)9-2-1-7(4-19)8(3-9)5-20/h1-2,6-9,19-20H,3-5H2,(H3,14,16,17,21)/t7-,8+,9?/m1/s1. The SMILES string of the molecule is Nc1nc2c(ncn2C2C=C[C@H](CO)[C@H](CO)C2)c(=O)[nH]1. The highest BCUT2D eigenvalue weighted by molar-refractivity contribution is 5.70. The lowest BCUT2D eigenvalue weighted by Gasteiger charge is -2.30. The minimum absolute atomic E-state index is 0.00396. The number of nitrogen functional groups attached to an aromatic ring is 1. The van der Waals surface area contributed by atoms with E-state index in [0.717, 1.165) is 0 Å². The average Bonchev–Trinajstić information content (AvgIpc) is 2.90. The smallest absolute Gasteiger partial charge is 0.280 e. The molecule has 0 saturated heterocycles. The number of H-pyrrole nitrogens is 1. The van der Waals surface area contributed by atoms with E-state index in [9.17, 15) is 15.0 Å². The number of hydrogen-bond acceptors (Lipinski definition) is 6. The second kappa shape index (κ2) is 5.30. The van der Waals surface area contributed by atoms with Crippen LogP contribution in [0.25, 0.3) is 11.2 Å². The topological polar surface area (TPSA) is 130 Å². The summed E-state index contributed by atoms with van der Waals surface area (Å²) >= 11 is 0. The Morgan fingerprint density at radius 1 is 1.38 bits per heavy atom. The van der Waals surface area contributed by atoms with Gasteiger partial charge in [-0.2, -0.15) is 4.98 Å². The molecule has 1 aliphatic carbocycles. The van der Waals surface area contributed by atoms with Gasteiger partial charge in [-0.25, -0.2) is 4.98 Å². The predicted octanol–water partition coefficient (Wildman–Crippen LogP) is -0.580. The number of nitrogens with zero attached hydrogens (tertiary/aromatic N) is 3. The monoisotopic (exact) mass is 291 g/mol. The van der Waals surface area contributed by atoms with E-state index < -0.39 is 0 Å². The maximum Gasteiger partial charge on any atom is 0.280 e. The molecule has 0 spiro atoms. The number of imidazole rings is 1. The summed E-state index contributed by atoms with van der Waals surface area (Å²) in [4.78, 5) is 22.4. The van der Waals surface area contributed by atoms with E-state index in [1.165, 1.54) is 0 Å². The quantitative estimate of drug-likeness (QED) is 0.560. The van der Waals surface area contributed by atoms with Gasteiger partial charge in [0.2, 0.25) is 5.95 Å². The molecule has 0 radical (unpaired) electrons. The van der Waals surface area contributed by atoms with Gasteiger partial charge in [0.05, 0.1) is 12.4 Å². The third kappa shape index (κ3) is 2.32. The van der Waals surface area contributed by atoms with E-state index in [4.69, 9.17) is 5.73 Å². The second-order valence-corrected chi connectivity index (χ2v) is 5.25. The van der Waals surface area contributed by atoms with Gasteiger partial charge in [-0.15, -0.1) is 0 Å². The van der Waals surface area contributed by atoms with Crippen LogP contribution >= 0.6 is 0 Å². The number of allylic oxidation sites excluding steroid dienone is 1. The van der Waals surface area contributed by atoms with Gasteiger partial charge in [0, 0.05) is 19.1 Å². The van der Waals surface area contributed by atoms with Crippen LogP contribution in [-0.4, -0.2) is 42.9 Å². The maximum atomic E-state index is 11.8. The van der Waals surface area contributed by atoms with Gasteiger partial charge in [0.15, 0.2) is 11.2 Å². The van der Waals surface area contributed by atoms with Gasteiger partial charge in [0.1, 0.15) is 0 Å². The summed E-state index contributed by atoms with van der Waals surface area (Å²) in [5.74, 6) is -0.0507. The Morgan fingerprint density at radius 2 is 2.19 bits per heavy atom. The number of aliphatic hydroxyl groups is 2. The van der Waals surface area contributed by atoms with E-state index in [-0.39, 0.29) is 48.1 Å². The second-order valence-electron chi connectivity index (χ2n) is 5.25. The van der Waals surface area contributed by atoms with E-state index in [1.54, 1.807) is 10.9 Å². The molecule has 1 unspecified atom stereocenters. The molecule has 2 aromatic heterocycles. The molecule has 3 atom stereocenters. The third-order valence-electron chi connectivity index (χ3n) is 3.98. The Bertz CT molecular complexity index is 735. The Labute approximate surface area is 120 Å². The molecule has 0 bridgehead atoms. The zero-order valence-electron chi connectivity index (χ0n) is 11.3. The van der Waals surface area contributed by atoms with Crippen LogP contribution in [0.15, 0.2) is 23.3 Å². The van der Waals surface area contributed by atoms with Crippen molar-refractivity contribution in [3.8, 4) is 0 Å². The van der Waals surface area contributed by atoms with Crippen LogP contribution in [0.1, 0.15) is 12.5 Å². The number of aromatic amines is 1. The summed E-state index contributed by atoms with van der Waals surface area (Å²) in [6.07, 6.45) is 6.01. The highest BCUT2D eigenvalue weighted by atomic mass is 16.3. The summed E-state index contributed by atoms with van der Waals surface area (Å²) in [5.41, 5.74) is 5.87. The molecule has 112 valence electrons. The van der Waals surface area contributed by atoms with Crippen molar-refractivity contribution >= 4 is 17.1 Å². The Morgan fingerprint density at radius 3 is 2.90 bits per heavy atom. The van der Waals surface area contributed by atoms with E-state index in [1.807, 2.05) is 12.2 Å². The lowest BCUT2D eigenvalue weighted by Crippen LogP contribution is -2.27. The normalized spacial score (nSPS) is 25.5. The first kappa shape index (κ1) is 13.8. The molecule has 8 nitrogen and oxygen atoms in total. The van der Waals surface area contributed by atoms with Gasteiger partial charge in [-0.3, -0.25) is 9.78 Å². The van der Waals surface area contributed by atoms with Crippen LogP contribution in [0.2, 0.25) is 0 Å². The summed E-state index contributed by atoms with van der Waals surface area (Å²) in [6, 6.07) is -0.0800. The number of aliphatic hydroxyl groups excluding tert-OH is 2. The zero-order chi connectivity index (χ0) is 15.0. The van der Waals surface area contributed by atoms with Gasteiger partial charge < -0.3 is 20.5 Å². The molecule has 2 aromatic rings. The largest absolute Gasteiger partial charge is 0.396 e. The van der Waals surface area contributed by atoms with Crippen LogP contribution in [0.4, 0.5) is 5.95 Å². The van der Waals surface area contributed by atoms with E-state index >= 15 is 0 Å². The van der Waals surface area contributed by atoms with Gasteiger partial charge in [-0.1, -0.05) is 12.2 Å². The molecule has 3 rings (SSSR count). The molecular weight excluding hydrogens is 274 g/mol. The number of aromatic nitrogens is 4. The molecule has 0 aliphatic heterocycles. The van der Waals surface area contributed by atoms with E-state index in [2.05, 4.69) is 15.0 Å². The Hall–Kier alpha value is -2.19. The van der Waals surface area contributed by atoms with Gasteiger partial charge in [0.25, 0.3) is 5.56 Å². The van der Waals surface area contributed by atoms with Crippen molar-refractivity contribution in [3.05, 3.63) is 28.8 Å². The molecule has 0 saturated carbocycles. The van der Waals surface area contributed by atoms with Crippen molar-refractivity contribution in [2.75, 3.05) is 18.9 Å². The lowest BCUT2D eigenvalue weighted by molar-refractivity contribution is 0.124. The van der Waals surface area contributed by atoms with Crippen LogP contribution < -0.4 is 11.3 Å². The first-order valence-corrected chi connectivity index (χ1v) is 6.76. The maximum absolute atomic E-state index is 11.8. The molecule has 1 aliphatic rings. The number of rotatable bonds is 3. The summed E-state index contributed by atoms with van der Waals surface area (Å²) in [7, 11) is 0. The highest BCUT2D eigenvalue weighted by Crippen LogP contribution is 2.32. The fraction of sp³-hybridized carbons (Fsp3) is 0.462. The molecule has 0 fully saturated rings. The van der Waals surface area contributed by atoms with Gasteiger partial charge in [-0.05, 0) is 12.3 Å². The number of fused-ring (bicyclic) bond motifs is 1. The zero-order valence-corrected chi connectivity index (χ0v) is 11.3. The number of hydrogen-bond donors (Lipinski definition) is 4. The van der Waals surface area contributed by atoms with Crippen LogP contribution in [0.3, 0.4) is 0 Å². The number of anilines is 1. The molecule has 8 heteroatoms. The summed E-state index contributed by atoms with van der Waals surface area (Å²) in [5, 5.41) is 18.7. The van der Waals surface area contributed by atoms with Gasteiger partial charge >= 0.3 is 0 Å². The van der Waals surface area contributed by atoms with Crippen LogP contribution in [0.5, 0.6) is 0 Å². The molecule has 21 heavy (non-hydrogen) atoms. The molecule has 0 amide bonds. The fourth-order valence-corrected chi connectivity index (χ4v) is 2.80. The van der Waals surface area contributed by atoms with Crippen molar-refractivity contribution in [1.82, 2.24) is 19.5 Å². The van der Waals surface area contributed by atoms with Crippen molar-refractivity contribution in [3.63, 3.8) is 0 Å². The van der Waals surface area contributed by atoms with Crippen LogP contribution in [0, 0.1) is 11.8 Å².